The Kier molecular flexibility index (Phi) is 6.13. The maximum absolute atomic E-state index is 12.2. The fourth-order valence-electron chi connectivity index (χ4n) is 4.28. The number of carbonyl (C=O) groups is 2. The van der Waals surface area contributed by atoms with Crippen LogP contribution in [0.15, 0.2) is 30.5 Å². The average Bonchev–Trinajstić information content (AvgIpc) is 3.38. The Morgan fingerprint density at radius 1 is 1.24 bits per heavy atom. The number of aromatic nitrogens is 1. The van der Waals surface area contributed by atoms with E-state index < -0.39 is 12.0 Å². The van der Waals surface area contributed by atoms with Gasteiger partial charge in [-0.25, -0.2) is 0 Å². The highest BCUT2D eigenvalue weighted by atomic mass is 16.5. The van der Waals surface area contributed by atoms with E-state index in [0.29, 0.717) is 39.3 Å². The van der Waals surface area contributed by atoms with Gasteiger partial charge in [0, 0.05) is 62.0 Å². The van der Waals surface area contributed by atoms with E-state index in [1.165, 1.54) is 0 Å². The molecule has 1 amide bonds. The maximum Gasteiger partial charge on any atom is 0.325 e. The lowest BCUT2D eigenvalue weighted by atomic mass is 10.0. The van der Waals surface area contributed by atoms with Gasteiger partial charge in [0.2, 0.25) is 5.91 Å². The lowest BCUT2D eigenvalue weighted by Gasteiger charge is -2.37. The number of hydrogen-bond donors (Lipinski definition) is 3. The fraction of sp³-hybridized carbons (Fsp3) is 0.524. The average molecular weight is 400 g/mol. The van der Waals surface area contributed by atoms with Crippen LogP contribution in [-0.4, -0.2) is 83.7 Å². The molecule has 1 aromatic carbocycles. The number of rotatable bonds is 7. The molecule has 1 aromatic heterocycles. The van der Waals surface area contributed by atoms with Crippen LogP contribution in [0.4, 0.5) is 0 Å². The van der Waals surface area contributed by atoms with E-state index in [-0.39, 0.29) is 12.0 Å². The first kappa shape index (κ1) is 19.9. The van der Waals surface area contributed by atoms with E-state index >= 15 is 0 Å². The Morgan fingerprint density at radius 2 is 2.03 bits per heavy atom. The van der Waals surface area contributed by atoms with Crippen molar-refractivity contribution in [1.29, 1.82) is 0 Å². The van der Waals surface area contributed by atoms with E-state index in [1.54, 1.807) is 6.20 Å². The molecule has 2 fully saturated rings. The molecule has 0 radical (unpaired) electrons. The van der Waals surface area contributed by atoms with Gasteiger partial charge in [0.1, 0.15) is 6.04 Å². The van der Waals surface area contributed by atoms with Crippen LogP contribution in [0.3, 0.4) is 0 Å². The van der Waals surface area contributed by atoms with Crippen molar-refractivity contribution in [1.82, 2.24) is 20.1 Å². The minimum absolute atomic E-state index is 0.000336. The van der Waals surface area contributed by atoms with E-state index in [4.69, 9.17) is 4.74 Å². The number of aromatic amines is 1. The summed E-state index contributed by atoms with van der Waals surface area (Å²) in [6.45, 7) is 4.24. The van der Waals surface area contributed by atoms with Gasteiger partial charge in [-0.3, -0.25) is 19.4 Å². The molecule has 4 rings (SSSR count). The van der Waals surface area contributed by atoms with Crippen molar-refractivity contribution in [2.75, 3.05) is 45.9 Å². The van der Waals surface area contributed by atoms with Crippen LogP contribution in [0.2, 0.25) is 0 Å². The second-order valence-corrected chi connectivity index (χ2v) is 7.78. The summed E-state index contributed by atoms with van der Waals surface area (Å²) >= 11 is 0. The molecule has 2 atom stereocenters. The number of carboxylic acids is 1. The number of carbonyl (C=O) groups excluding carboxylic acids is 1. The van der Waals surface area contributed by atoms with Gasteiger partial charge in [-0.15, -0.1) is 0 Å². The number of ether oxygens (including phenoxy) is 1. The molecule has 8 heteroatoms. The Bertz CT molecular complexity index is 853. The number of aliphatic carboxylic acids is 1. The number of hydrogen-bond acceptors (Lipinski definition) is 5. The van der Waals surface area contributed by atoms with Gasteiger partial charge in [-0.1, -0.05) is 18.2 Å². The lowest BCUT2D eigenvalue weighted by molar-refractivity contribution is -0.144. The summed E-state index contributed by atoms with van der Waals surface area (Å²) in [5, 5.41) is 13.8. The molecule has 156 valence electrons. The largest absolute Gasteiger partial charge is 0.480 e. The normalized spacial score (nSPS) is 22.0. The molecule has 0 spiro atoms. The molecular weight excluding hydrogens is 372 g/mol. The quantitative estimate of drug-likeness (QED) is 0.646. The fourth-order valence-corrected chi connectivity index (χ4v) is 4.28. The third kappa shape index (κ3) is 4.60. The molecular formula is C21H28N4O4. The molecule has 3 heterocycles. The Hall–Kier alpha value is -2.42. The topological polar surface area (TPSA) is 97.9 Å². The van der Waals surface area contributed by atoms with Gasteiger partial charge >= 0.3 is 5.97 Å². The summed E-state index contributed by atoms with van der Waals surface area (Å²) in [4.78, 5) is 31.5. The van der Waals surface area contributed by atoms with Crippen molar-refractivity contribution < 1.29 is 19.4 Å². The predicted octanol–water partition coefficient (Wildman–Crippen LogP) is 1.21. The summed E-state index contributed by atoms with van der Waals surface area (Å²) in [6, 6.07) is 7.06. The number of nitrogens with zero attached hydrogens (tertiary/aromatic N) is 2. The zero-order valence-electron chi connectivity index (χ0n) is 16.5. The molecule has 0 saturated carbocycles. The van der Waals surface area contributed by atoms with Crippen LogP contribution in [0.1, 0.15) is 24.4 Å². The monoisotopic (exact) mass is 400 g/mol. The Morgan fingerprint density at radius 3 is 2.76 bits per heavy atom. The highest BCUT2D eigenvalue weighted by Gasteiger charge is 2.32. The molecule has 0 unspecified atom stereocenters. The second kappa shape index (κ2) is 8.94. The van der Waals surface area contributed by atoms with Crippen LogP contribution < -0.4 is 5.32 Å². The van der Waals surface area contributed by atoms with Gasteiger partial charge in [0.25, 0.3) is 0 Å². The Balaban J connectivity index is 1.32. The number of fused-ring (bicyclic) bond motifs is 1. The van der Waals surface area contributed by atoms with Crippen LogP contribution >= 0.6 is 0 Å². The zero-order valence-corrected chi connectivity index (χ0v) is 16.5. The van der Waals surface area contributed by atoms with Gasteiger partial charge in [0.05, 0.1) is 12.6 Å². The van der Waals surface area contributed by atoms with E-state index in [9.17, 15) is 14.7 Å². The minimum Gasteiger partial charge on any atom is -0.480 e. The predicted molar refractivity (Wildman–Crippen MR) is 109 cm³/mol. The first-order valence-corrected chi connectivity index (χ1v) is 10.3. The lowest BCUT2D eigenvalue weighted by Crippen LogP contribution is -2.51. The van der Waals surface area contributed by atoms with Crippen LogP contribution in [0, 0.1) is 0 Å². The smallest absolute Gasteiger partial charge is 0.325 e. The number of para-hydroxylation sites is 1. The molecule has 0 bridgehead atoms. The molecule has 2 aliphatic heterocycles. The van der Waals surface area contributed by atoms with Crippen molar-refractivity contribution in [3.63, 3.8) is 0 Å². The first-order chi connectivity index (χ1) is 14.1. The van der Waals surface area contributed by atoms with Gasteiger partial charge < -0.3 is 20.1 Å². The second-order valence-electron chi connectivity index (χ2n) is 7.78. The van der Waals surface area contributed by atoms with Gasteiger partial charge in [0.15, 0.2) is 0 Å². The van der Waals surface area contributed by atoms with E-state index in [1.807, 2.05) is 29.2 Å². The van der Waals surface area contributed by atoms with Crippen LogP contribution in [-0.2, 0) is 14.3 Å². The summed E-state index contributed by atoms with van der Waals surface area (Å²) in [5.74, 6) is -0.849. The van der Waals surface area contributed by atoms with Crippen molar-refractivity contribution in [2.24, 2.45) is 0 Å². The maximum atomic E-state index is 12.2. The van der Waals surface area contributed by atoms with Crippen molar-refractivity contribution >= 4 is 22.8 Å². The highest BCUT2D eigenvalue weighted by molar-refractivity contribution is 5.89. The molecule has 29 heavy (non-hydrogen) atoms. The first-order valence-electron chi connectivity index (χ1n) is 10.3. The summed E-state index contributed by atoms with van der Waals surface area (Å²) in [7, 11) is 0. The number of carboxylic acid groups (broad SMARTS) is 1. The van der Waals surface area contributed by atoms with Crippen LogP contribution in [0.5, 0.6) is 0 Å². The third-order valence-electron chi connectivity index (χ3n) is 5.84. The molecule has 0 aliphatic carbocycles. The number of benzene rings is 1. The molecule has 2 saturated heterocycles. The molecule has 2 aromatic rings. The van der Waals surface area contributed by atoms with Gasteiger partial charge in [-0.2, -0.15) is 0 Å². The molecule has 2 aliphatic rings. The summed E-state index contributed by atoms with van der Waals surface area (Å²) in [6.07, 6.45) is 4.00. The van der Waals surface area contributed by atoms with E-state index in [2.05, 4.69) is 15.2 Å². The van der Waals surface area contributed by atoms with Crippen LogP contribution in [0.25, 0.3) is 10.9 Å². The molecule has 3 N–H and O–H groups in total. The SMILES string of the molecule is O=C(CN1CCN([C@H](C(=O)O)c2c[nH]c3ccccc23)CC1)NC[C@H]1CCCO1. The number of H-pyrrole nitrogens is 1. The minimum atomic E-state index is -0.850. The highest BCUT2D eigenvalue weighted by Crippen LogP contribution is 2.29. The standard InChI is InChI=1S/C21H28N4O4/c26-19(23-12-15-4-3-11-29-15)14-24-7-9-25(10-8-24)20(21(27)28)17-13-22-18-6-2-1-5-16(17)18/h1-2,5-6,13,15,20,22H,3-4,7-12,14H2,(H,23,26)(H,27,28)/t15-,20+/m1/s1. The van der Waals surface area contributed by atoms with E-state index in [0.717, 1.165) is 35.9 Å². The number of piperazine rings is 1. The summed E-state index contributed by atoms with van der Waals surface area (Å²) in [5.41, 5.74) is 1.73. The zero-order chi connectivity index (χ0) is 20.2. The van der Waals surface area contributed by atoms with Crippen molar-refractivity contribution in [3.05, 3.63) is 36.0 Å². The Labute approximate surface area is 169 Å². The van der Waals surface area contributed by atoms with Gasteiger partial charge in [-0.05, 0) is 18.9 Å². The van der Waals surface area contributed by atoms with Crippen molar-refractivity contribution in [3.8, 4) is 0 Å². The third-order valence-corrected chi connectivity index (χ3v) is 5.84. The number of nitrogens with one attached hydrogen (secondary N) is 2. The molecule has 8 nitrogen and oxygen atoms in total. The van der Waals surface area contributed by atoms with Crippen molar-refractivity contribution in [2.45, 2.75) is 25.0 Å². The number of amides is 1. The summed E-state index contributed by atoms with van der Waals surface area (Å²) < 4.78 is 5.53.